The zero-order valence-corrected chi connectivity index (χ0v) is 12.5. The minimum absolute atomic E-state index is 0.125. The predicted molar refractivity (Wildman–Crippen MR) is 69.4 cm³/mol. The Morgan fingerprint density at radius 3 is 2.00 bits per heavy atom. The Morgan fingerprint density at radius 1 is 1.17 bits per heavy atom. The molecule has 5 nitrogen and oxygen atoms in total. The van der Waals surface area contributed by atoms with Gasteiger partial charge in [0.25, 0.3) is 0 Å². The maximum absolute atomic E-state index is 11.7. The first-order chi connectivity index (χ1) is 8.03. The molecule has 2 atom stereocenters. The molecule has 0 aromatic carbocycles. The second kappa shape index (κ2) is 6.83. The van der Waals surface area contributed by atoms with E-state index in [0.29, 0.717) is 0 Å². The topological polar surface area (TPSA) is 64.6 Å². The maximum atomic E-state index is 11.7. The van der Waals surface area contributed by atoms with E-state index < -0.39 is 29.3 Å². The molecule has 0 aromatic heterocycles. The lowest BCUT2D eigenvalue weighted by Gasteiger charge is -2.24. The first-order valence-corrected chi connectivity index (χ1v) is 6.30. The molecule has 0 saturated heterocycles. The van der Waals surface area contributed by atoms with E-state index in [0.717, 1.165) is 0 Å². The lowest BCUT2D eigenvalue weighted by atomic mass is 10.1. The summed E-state index contributed by atoms with van der Waals surface area (Å²) >= 11 is 5.58. The van der Waals surface area contributed by atoms with E-state index in [4.69, 9.17) is 21.1 Å². The molecule has 0 fully saturated rings. The summed E-state index contributed by atoms with van der Waals surface area (Å²) in [4.78, 5) is 23.3. The third-order valence-electron chi connectivity index (χ3n) is 1.87. The molecule has 1 amide bonds. The summed E-state index contributed by atoms with van der Waals surface area (Å²) in [5.41, 5.74) is -1.35. The molecule has 18 heavy (non-hydrogen) atoms. The number of alkyl carbamates (subject to hydrolysis) is 1. The fourth-order valence-electron chi connectivity index (χ4n) is 1.17. The van der Waals surface area contributed by atoms with Gasteiger partial charge in [-0.05, 0) is 33.6 Å². The van der Waals surface area contributed by atoms with Gasteiger partial charge >= 0.3 is 12.1 Å². The van der Waals surface area contributed by atoms with Crippen molar-refractivity contribution in [3.8, 4) is 0 Å². The van der Waals surface area contributed by atoms with Gasteiger partial charge in [0.15, 0.2) is 5.56 Å². The summed E-state index contributed by atoms with van der Waals surface area (Å²) < 4.78 is 9.94. The van der Waals surface area contributed by atoms with Crippen LogP contribution >= 0.6 is 11.6 Å². The molecule has 0 heterocycles. The van der Waals surface area contributed by atoms with E-state index in [1.54, 1.807) is 34.6 Å². The van der Waals surface area contributed by atoms with Crippen molar-refractivity contribution in [2.75, 3.05) is 0 Å². The Balaban J connectivity index is 4.54. The number of hydrogen-bond donors (Lipinski definition) is 1. The summed E-state index contributed by atoms with van der Waals surface area (Å²) in [5.74, 6) is -0.696. The van der Waals surface area contributed by atoms with Gasteiger partial charge < -0.3 is 14.8 Å². The molecular weight excluding hydrogens is 258 g/mol. The molecule has 0 saturated carbocycles. The maximum Gasteiger partial charge on any atom is 0.408 e. The number of halogens is 1. The number of carbonyl (C=O) groups is 2. The number of rotatable bonds is 4. The van der Waals surface area contributed by atoms with Crippen LogP contribution in [0.3, 0.4) is 0 Å². The van der Waals surface area contributed by atoms with Crippen molar-refractivity contribution in [1.82, 2.24) is 5.32 Å². The van der Waals surface area contributed by atoms with Crippen LogP contribution < -0.4 is 5.32 Å². The third-order valence-corrected chi connectivity index (χ3v) is 1.96. The van der Waals surface area contributed by atoms with Gasteiger partial charge in [-0.3, -0.25) is 0 Å². The molecule has 0 radical (unpaired) electrons. The molecule has 2 unspecified atom stereocenters. The summed E-state index contributed by atoms with van der Waals surface area (Å²) in [6.45, 7) is 10.4. The minimum Gasteiger partial charge on any atom is -0.445 e. The molecule has 0 aromatic rings. The largest absolute Gasteiger partial charge is 0.445 e. The van der Waals surface area contributed by atoms with E-state index in [2.05, 4.69) is 5.32 Å². The van der Waals surface area contributed by atoms with Crippen LogP contribution in [0.15, 0.2) is 0 Å². The Morgan fingerprint density at radius 2 is 1.67 bits per heavy atom. The number of ether oxygens (including phenoxy) is 2. The van der Waals surface area contributed by atoms with Gasteiger partial charge in [-0.1, -0.05) is 25.4 Å². The average molecular weight is 280 g/mol. The summed E-state index contributed by atoms with van der Waals surface area (Å²) in [6.07, 6.45) is -0.652. The van der Waals surface area contributed by atoms with Crippen molar-refractivity contribution in [3.63, 3.8) is 0 Å². The first kappa shape index (κ1) is 17.0. The van der Waals surface area contributed by atoms with Crippen LogP contribution in [0.2, 0.25) is 0 Å². The van der Waals surface area contributed by atoms with Crippen LogP contribution in [0.4, 0.5) is 4.79 Å². The first-order valence-electron chi connectivity index (χ1n) is 5.87. The highest BCUT2D eigenvalue weighted by Gasteiger charge is 2.28. The van der Waals surface area contributed by atoms with Crippen LogP contribution in [0.1, 0.15) is 41.5 Å². The van der Waals surface area contributed by atoms with E-state index in [1.807, 2.05) is 0 Å². The normalized spacial score (nSPS) is 14.9. The quantitative estimate of drug-likeness (QED) is 0.635. The molecule has 0 aliphatic carbocycles. The number of alkyl halides is 1. The number of esters is 1. The lowest BCUT2D eigenvalue weighted by Crippen LogP contribution is -2.47. The molecule has 1 N–H and O–H groups in total. The van der Waals surface area contributed by atoms with E-state index in [9.17, 15) is 9.59 Å². The van der Waals surface area contributed by atoms with Crippen molar-refractivity contribution in [2.45, 2.75) is 58.7 Å². The molecule has 0 aliphatic rings. The molecule has 0 rings (SSSR count). The van der Waals surface area contributed by atoms with Crippen molar-refractivity contribution >= 4 is 23.7 Å². The highest BCUT2D eigenvalue weighted by molar-refractivity contribution is 6.20. The molecular formula is C12H22ClNO4. The Hall–Kier alpha value is -0.970. The Bertz CT molecular complexity index is 297. The second-order valence-corrected chi connectivity index (χ2v) is 5.96. The highest BCUT2D eigenvalue weighted by atomic mass is 35.5. The van der Waals surface area contributed by atoms with Gasteiger partial charge in [-0.15, -0.1) is 0 Å². The fourth-order valence-corrected chi connectivity index (χ4v) is 1.25. The van der Waals surface area contributed by atoms with Crippen molar-refractivity contribution in [2.24, 2.45) is 5.92 Å². The average Bonchev–Trinajstić information content (AvgIpc) is 2.09. The fraction of sp³-hybridized carbons (Fsp3) is 0.833. The standard InChI is InChI=1S/C12H22ClNO4/c1-7(2)9(10(15)17-8(3)13)14-11(16)18-12(4,5)6/h7-9H,1-6H3,(H,14,16). The Kier molecular flexibility index (Phi) is 6.46. The van der Waals surface area contributed by atoms with Crippen molar-refractivity contribution in [1.29, 1.82) is 0 Å². The van der Waals surface area contributed by atoms with Crippen molar-refractivity contribution in [3.05, 3.63) is 0 Å². The van der Waals surface area contributed by atoms with Crippen LogP contribution in [-0.4, -0.2) is 29.3 Å². The van der Waals surface area contributed by atoms with Crippen LogP contribution in [0.25, 0.3) is 0 Å². The SMILES string of the molecule is CC(Cl)OC(=O)C(NC(=O)OC(C)(C)C)C(C)C. The predicted octanol–water partition coefficient (Wildman–Crippen LogP) is 2.66. The summed E-state index contributed by atoms with van der Waals surface area (Å²) in [7, 11) is 0. The van der Waals surface area contributed by atoms with Gasteiger partial charge in [0, 0.05) is 0 Å². The number of carbonyl (C=O) groups excluding carboxylic acids is 2. The Labute approximate surface area is 113 Å². The van der Waals surface area contributed by atoms with Crippen LogP contribution in [-0.2, 0) is 14.3 Å². The summed E-state index contributed by atoms with van der Waals surface area (Å²) in [5, 5.41) is 2.48. The van der Waals surface area contributed by atoms with E-state index in [1.165, 1.54) is 6.92 Å². The smallest absolute Gasteiger partial charge is 0.408 e. The van der Waals surface area contributed by atoms with E-state index in [-0.39, 0.29) is 5.92 Å². The van der Waals surface area contributed by atoms with Crippen LogP contribution in [0, 0.1) is 5.92 Å². The van der Waals surface area contributed by atoms with Gasteiger partial charge in [0.05, 0.1) is 0 Å². The lowest BCUT2D eigenvalue weighted by molar-refractivity contribution is -0.148. The molecule has 6 heteroatoms. The van der Waals surface area contributed by atoms with Gasteiger partial charge in [-0.2, -0.15) is 0 Å². The van der Waals surface area contributed by atoms with Gasteiger partial charge in [0.2, 0.25) is 0 Å². The molecule has 0 aliphatic heterocycles. The number of nitrogens with one attached hydrogen (secondary N) is 1. The summed E-state index contributed by atoms with van der Waals surface area (Å²) in [6, 6.07) is -0.777. The third kappa shape index (κ3) is 7.37. The number of hydrogen-bond acceptors (Lipinski definition) is 4. The monoisotopic (exact) mass is 279 g/mol. The second-order valence-electron chi connectivity index (χ2n) is 5.35. The molecule has 0 bridgehead atoms. The van der Waals surface area contributed by atoms with E-state index >= 15 is 0 Å². The van der Waals surface area contributed by atoms with Crippen molar-refractivity contribution < 1.29 is 19.1 Å². The van der Waals surface area contributed by atoms with Gasteiger partial charge in [0.1, 0.15) is 11.6 Å². The molecule has 106 valence electrons. The highest BCUT2D eigenvalue weighted by Crippen LogP contribution is 2.10. The molecule has 0 spiro atoms. The zero-order chi connectivity index (χ0) is 14.5. The minimum atomic E-state index is -0.777. The van der Waals surface area contributed by atoms with Crippen LogP contribution in [0.5, 0.6) is 0 Å². The zero-order valence-electron chi connectivity index (χ0n) is 11.7. The van der Waals surface area contributed by atoms with Gasteiger partial charge in [-0.25, -0.2) is 9.59 Å². The number of amides is 1.